The average molecular weight is 211 g/mol. The van der Waals surface area contributed by atoms with Crippen molar-refractivity contribution in [1.29, 1.82) is 0 Å². The van der Waals surface area contributed by atoms with Crippen molar-refractivity contribution in [2.75, 3.05) is 0 Å². The van der Waals surface area contributed by atoms with Gasteiger partial charge in [-0.2, -0.15) is 0 Å². The van der Waals surface area contributed by atoms with E-state index in [0.29, 0.717) is 5.56 Å². The number of benzene rings is 2. The molecule has 0 saturated heterocycles. The van der Waals surface area contributed by atoms with Crippen LogP contribution in [0.1, 0.15) is 5.56 Å². The summed E-state index contributed by atoms with van der Waals surface area (Å²) in [6, 6.07) is 10.8. The summed E-state index contributed by atoms with van der Waals surface area (Å²) in [7, 11) is 0. The van der Waals surface area contributed by atoms with Gasteiger partial charge in [0.05, 0.1) is 5.56 Å². The highest BCUT2D eigenvalue weighted by Gasteiger charge is 2.03. The Bertz CT molecular complexity index is 621. The van der Waals surface area contributed by atoms with E-state index in [-0.39, 0.29) is 5.75 Å². The van der Waals surface area contributed by atoms with Gasteiger partial charge < -0.3 is 10.8 Å². The molecule has 3 heteroatoms. The van der Waals surface area contributed by atoms with Gasteiger partial charge >= 0.3 is 0 Å². The summed E-state index contributed by atoms with van der Waals surface area (Å²) in [4.78, 5) is 10.6. The zero-order valence-electron chi connectivity index (χ0n) is 8.40. The highest BCUT2D eigenvalue weighted by molar-refractivity contribution is 5.96. The van der Waals surface area contributed by atoms with Gasteiger partial charge in [-0.25, -0.2) is 0 Å². The quantitative estimate of drug-likeness (QED) is 0.646. The molecule has 2 aromatic rings. The summed E-state index contributed by atoms with van der Waals surface area (Å²) in [6.07, 6.45) is 0. The fourth-order valence-electron chi connectivity index (χ4n) is 1.52. The molecule has 0 aliphatic carbocycles. The summed E-state index contributed by atoms with van der Waals surface area (Å²) >= 11 is 0. The highest BCUT2D eigenvalue weighted by Crippen LogP contribution is 2.25. The fourth-order valence-corrected chi connectivity index (χ4v) is 1.52. The van der Waals surface area contributed by atoms with Crippen molar-refractivity contribution in [3.8, 4) is 17.6 Å². The van der Waals surface area contributed by atoms with E-state index in [1.165, 1.54) is 0 Å². The maximum atomic E-state index is 10.6. The number of rotatable bonds is 0. The molecule has 0 heterocycles. The number of primary amides is 1. The zero-order chi connectivity index (χ0) is 11.5. The second kappa shape index (κ2) is 3.95. The van der Waals surface area contributed by atoms with Crippen LogP contribution >= 0.6 is 0 Å². The van der Waals surface area contributed by atoms with Crippen LogP contribution in [-0.2, 0) is 4.79 Å². The molecule has 78 valence electrons. The first-order chi connectivity index (χ1) is 7.68. The third kappa shape index (κ3) is 1.82. The third-order valence-corrected chi connectivity index (χ3v) is 2.22. The Hall–Kier alpha value is -2.47. The summed E-state index contributed by atoms with van der Waals surface area (Å²) in [5, 5.41) is 11.4. The molecule has 2 rings (SSSR count). The maximum absolute atomic E-state index is 10.6. The van der Waals surface area contributed by atoms with Crippen molar-refractivity contribution >= 4 is 16.7 Å². The molecule has 0 saturated carbocycles. The van der Waals surface area contributed by atoms with E-state index in [0.717, 1.165) is 10.8 Å². The molecular formula is C13H9NO2. The van der Waals surface area contributed by atoms with E-state index in [9.17, 15) is 9.90 Å². The van der Waals surface area contributed by atoms with E-state index in [1.807, 2.05) is 24.3 Å². The molecule has 1 amide bonds. The number of nitrogens with two attached hydrogens (primary N) is 1. The number of amides is 1. The number of hydrogen-bond donors (Lipinski definition) is 2. The molecule has 0 atom stereocenters. The van der Waals surface area contributed by atoms with Gasteiger partial charge in [0, 0.05) is 11.3 Å². The van der Waals surface area contributed by atoms with Crippen molar-refractivity contribution in [2.45, 2.75) is 0 Å². The minimum absolute atomic E-state index is 0.0486. The number of aromatic hydroxyl groups is 1. The van der Waals surface area contributed by atoms with Gasteiger partial charge in [0.2, 0.25) is 0 Å². The molecule has 0 aliphatic heterocycles. The molecule has 0 unspecified atom stereocenters. The van der Waals surface area contributed by atoms with Gasteiger partial charge in [-0.05, 0) is 11.5 Å². The average Bonchev–Trinajstić information content (AvgIpc) is 2.27. The van der Waals surface area contributed by atoms with Crippen molar-refractivity contribution in [1.82, 2.24) is 0 Å². The van der Waals surface area contributed by atoms with Crippen LogP contribution in [0.25, 0.3) is 10.8 Å². The minimum atomic E-state index is -0.715. The molecule has 0 bridgehead atoms. The minimum Gasteiger partial charge on any atom is -0.507 e. The molecule has 0 radical (unpaired) electrons. The Morgan fingerprint density at radius 3 is 2.69 bits per heavy atom. The van der Waals surface area contributed by atoms with E-state index in [1.54, 1.807) is 12.1 Å². The normalized spacial score (nSPS) is 9.50. The van der Waals surface area contributed by atoms with Crippen LogP contribution in [0.5, 0.6) is 5.75 Å². The Morgan fingerprint density at radius 2 is 1.94 bits per heavy atom. The monoisotopic (exact) mass is 211 g/mol. The van der Waals surface area contributed by atoms with E-state index < -0.39 is 5.91 Å². The summed E-state index contributed by atoms with van der Waals surface area (Å²) < 4.78 is 0. The largest absolute Gasteiger partial charge is 0.507 e. The van der Waals surface area contributed by atoms with Crippen LogP contribution in [0.15, 0.2) is 36.4 Å². The summed E-state index contributed by atoms with van der Waals surface area (Å²) in [5.74, 6) is 4.14. The molecule has 3 nitrogen and oxygen atoms in total. The Labute approximate surface area is 92.5 Å². The van der Waals surface area contributed by atoms with Crippen molar-refractivity contribution in [3.63, 3.8) is 0 Å². The number of phenolic OH excluding ortho intramolecular Hbond substituents is 1. The lowest BCUT2D eigenvalue weighted by Gasteiger charge is -2.02. The lowest BCUT2D eigenvalue weighted by atomic mass is 10.0. The van der Waals surface area contributed by atoms with Crippen LogP contribution < -0.4 is 5.73 Å². The fraction of sp³-hybridized carbons (Fsp3) is 0. The highest BCUT2D eigenvalue weighted by atomic mass is 16.3. The maximum Gasteiger partial charge on any atom is 0.293 e. The lowest BCUT2D eigenvalue weighted by Crippen LogP contribution is -2.06. The van der Waals surface area contributed by atoms with Crippen molar-refractivity contribution < 1.29 is 9.90 Å². The van der Waals surface area contributed by atoms with E-state index in [2.05, 4.69) is 11.8 Å². The number of fused-ring (bicyclic) bond motifs is 1. The van der Waals surface area contributed by atoms with Crippen LogP contribution in [-0.4, -0.2) is 11.0 Å². The third-order valence-electron chi connectivity index (χ3n) is 2.22. The number of carbonyl (C=O) groups is 1. The van der Waals surface area contributed by atoms with Crippen LogP contribution in [0, 0.1) is 11.8 Å². The number of carbonyl (C=O) groups excluding carboxylic acids is 1. The van der Waals surface area contributed by atoms with E-state index >= 15 is 0 Å². The predicted octanol–water partition coefficient (Wildman–Crippen LogP) is 1.38. The van der Waals surface area contributed by atoms with Crippen molar-refractivity contribution in [2.24, 2.45) is 5.73 Å². The second-order valence-electron chi connectivity index (χ2n) is 3.30. The lowest BCUT2D eigenvalue weighted by molar-refractivity contribution is -0.112. The Balaban J connectivity index is 2.72. The molecule has 0 spiro atoms. The van der Waals surface area contributed by atoms with Gasteiger partial charge in [0.15, 0.2) is 0 Å². The standard InChI is InChI=1S/C13H9NO2/c14-13(16)8-6-11-10-4-2-1-3-9(10)5-7-12(11)15/h1-5,7,15H,(H2,14,16). The number of hydrogen-bond acceptors (Lipinski definition) is 2. The smallest absolute Gasteiger partial charge is 0.293 e. The molecule has 3 N–H and O–H groups in total. The first kappa shape index (κ1) is 10.1. The first-order valence-corrected chi connectivity index (χ1v) is 4.70. The van der Waals surface area contributed by atoms with Gasteiger partial charge in [-0.15, -0.1) is 0 Å². The molecule has 2 aromatic carbocycles. The van der Waals surface area contributed by atoms with Gasteiger partial charge in [0.25, 0.3) is 5.91 Å². The van der Waals surface area contributed by atoms with E-state index in [4.69, 9.17) is 5.73 Å². The molecule has 0 aliphatic rings. The van der Waals surface area contributed by atoms with Crippen molar-refractivity contribution in [3.05, 3.63) is 42.0 Å². The topological polar surface area (TPSA) is 63.3 Å². The zero-order valence-corrected chi connectivity index (χ0v) is 8.40. The van der Waals surface area contributed by atoms with Crippen LogP contribution in [0.3, 0.4) is 0 Å². The Kier molecular flexibility index (Phi) is 2.49. The van der Waals surface area contributed by atoms with Gasteiger partial charge in [-0.3, -0.25) is 4.79 Å². The molecule has 0 fully saturated rings. The predicted molar refractivity (Wildman–Crippen MR) is 61.7 cm³/mol. The molecule has 0 aromatic heterocycles. The van der Waals surface area contributed by atoms with Gasteiger partial charge in [0.1, 0.15) is 5.75 Å². The molecular weight excluding hydrogens is 202 g/mol. The second-order valence-corrected chi connectivity index (χ2v) is 3.30. The molecule has 16 heavy (non-hydrogen) atoms. The summed E-state index contributed by atoms with van der Waals surface area (Å²) in [5.41, 5.74) is 5.37. The first-order valence-electron chi connectivity index (χ1n) is 4.70. The SMILES string of the molecule is NC(=O)C#Cc1c(O)ccc2ccccc12. The number of phenols is 1. The van der Waals surface area contributed by atoms with Gasteiger partial charge in [-0.1, -0.05) is 36.3 Å². The summed E-state index contributed by atoms with van der Waals surface area (Å²) in [6.45, 7) is 0. The van der Waals surface area contributed by atoms with Crippen LogP contribution in [0.2, 0.25) is 0 Å². The van der Waals surface area contributed by atoms with Crippen LogP contribution in [0.4, 0.5) is 0 Å². The Morgan fingerprint density at radius 1 is 1.19 bits per heavy atom.